The van der Waals surface area contributed by atoms with Gasteiger partial charge in [0.25, 0.3) is 0 Å². The van der Waals surface area contributed by atoms with Crippen molar-refractivity contribution in [3.05, 3.63) is 65.5 Å². The van der Waals surface area contributed by atoms with E-state index in [1.807, 2.05) is 30.3 Å². The fourth-order valence-corrected chi connectivity index (χ4v) is 2.67. The number of benzene rings is 2. The average Bonchev–Trinajstić information content (AvgIpc) is 3.02. The highest BCUT2D eigenvalue weighted by molar-refractivity contribution is 5.78. The molecule has 0 atom stereocenters. The summed E-state index contributed by atoms with van der Waals surface area (Å²) in [6.45, 7) is 7.59. The van der Waals surface area contributed by atoms with Crippen molar-refractivity contribution >= 4 is 23.2 Å². The lowest BCUT2D eigenvalue weighted by molar-refractivity contribution is 0.296. The first-order chi connectivity index (χ1) is 11.3. The van der Waals surface area contributed by atoms with Crippen LogP contribution in [0.4, 0.5) is 0 Å². The Morgan fingerprint density at radius 3 is 2.39 bits per heavy atom. The number of rotatable bonds is 6. The molecule has 23 heavy (non-hydrogen) atoms. The minimum Gasteiger partial charge on any atom is -0.338 e. The Labute approximate surface area is 137 Å². The number of nitrogens with one attached hydrogen (secondary N) is 1. The predicted octanol–water partition coefficient (Wildman–Crippen LogP) is 4.58. The van der Waals surface area contributed by atoms with E-state index < -0.39 is 0 Å². The third-order valence-corrected chi connectivity index (χ3v) is 4.12. The molecule has 0 saturated carbocycles. The van der Waals surface area contributed by atoms with E-state index in [0.29, 0.717) is 0 Å². The normalized spacial score (nSPS) is 11.8. The zero-order valence-corrected chi connectivity index (χ0v) is 13.8. The van der Waals surface area contributed by atoms with Crippen LogP contribution in [-0.2, 0) is 6.54 Å². The lowest BCUT2D eigenvalue weighted by Crippen LogP contribution is -2.21. The van der Waals surface area contributed by atoms with Crippen molar-refractivity contribution in [1.29, 1.82) is 0 Å². The van der Waals surface area contributed by atoms with Crippen LogP contribution < -0.4 is 0 Å². The Morgan fingerprint density at radius 2 is 1.70 bits per heavy atom. The van der Waals surface area contributed by atoms with Crippen LogP contribution in [0.25, 0.3) is 23.2 Å². The van der Waals surface area contributed by atoms with Crippen LogP contribution in [0.1, 0.15) is 30.8 Å². The Balaban J connectivity index is 1.70. The molecule has 118 valence electrons. The third-order valence-electron chi connectivity index (χ3n) is 4.12. The molecule has 3 heteroatoms. The van der Waals surface area contributed by atoms with Crippen LogP contribution in [-0.4, -0.2) is 28.0 Å². The molecule has 0 unspecified atom stereocenters. The summed E-state index contributed by atoms with van der Waals surface area (Å²) >= 11 is 0. The molecule has 0 aliphatic rings. The van der Waals surface area contributed by atoms with E-state index in [-0.39, 0.29) is 0 Å². The highest BCUT2D eigenvalue weighted by Gasteiger charge is 2.01. The maximum absolute atomic E-state index is 4.56. The molecule has 1 aromatic heterocycles. The minimum atomic E-state index is 0.887. The maximum atomic E-state index is 4.56. The summed E-state index contributed by atoms with van der Waals surface area (Å²) in [5.41, 5.74) is 4.62. The van der Waals surface area contributed by atoms with Crippen molar-refractivity contribution in [2.24, 2.45) is 0 Å². The van der Waals surface area contributed by atoms with Crippen LogP contribution in [0.5, 0.6) is 0 Å². The summed E-state index contributed by atoms with van der Waals surface area (Å²) in [6, 6.07) is 16.8. The standard InChI is InChI=1S/C20H23N3/c1-3-23(4-2)15-17-11-9-16(10-12-17)13-14-20-21-18-7-5-6-8-19(18)22-20/h5-14H,3-4,15H2,1-2H3,(H,21,22)/b14-13+. The van der Waals surface area contributed by atoms with Crippen LogP contribution >= 0.6 is 0 Å². The number of hydrogen-bond acceptors (Lipinski definition) is 2. The highest BCUT2D eigenvalue weighted by atomic mass is 15.1. The van der Waals surface area contributed by atoms with E-state index in [1.54, 1.807) is 0 Å². The van der Waals surface area contributed by atoms with Gasteiger partial charge in [-0.25, -0.2) is 4.98 Å². The molecule has 0 aliphatic heterocycles. The fraction of sp³-hybridized carbons (Fsp3) is 0.250. The summed E-state index contributed by atoms with van der Waals surface area (Å²) in [5, 5.41) is 0. The second kappa shape index (κ2) is 7.25. The monoisotopic (exact) mass is 305 g/mol. The molecule has 1 N–H and O–H groups in total. The van der Waals surface area contributed by atoms with Crippen molar-refractivity contribution in [3.63, 3.8) is 0 Å². The molecule has 1 heterocycles. The molecule has 2 aromatic carbocycles. The summed E-state index contributed by atoms with van der Waals surface area (Å²) in [4.78, 5) is 10.3. The number of nitrogens with zero attached hydrogens (tertiary/aromatic N) is 2. The van der Waals surface area contributed by atoms with Crippen molar-refractivity contribution in [1.82, 2.24) is 14.9 Å². The summed E-state index contributed by atoms with van der Waals surface area (Å²) in [5.74, 6) is 0.887. The van der Waals surface area contributed by atoms with Crippen molar-refractivity contribution in [2.75, 3.05) is 13.1 Å². The first kappa shape index (κ1) is 15.5. The predicted molar refractivity (Wildman–Crippen MR) is 98.1 cm³/mol. The molecule has 0 spiro atoms. The third kappa shape index (κ3) is 3.88. The lowest BCUT2D eigenvalue weighted by Gasteiger charge is -2.17. The highest BCUT2D eigenvalue weighted by Crippen LogP contribution is 2.13. The van der Waals surface area contributed by atoms with Gasteiger partial charge in [-0.1, -0.05) is 56.3 Å². The number of aromatic amines is 1. The molecule has 0 fully saturated rings. The topological polar surface area (TPSA) is 31.9 Å². The van der Waals surface area contributed by atoms with E-state index in [4.69, 9.17) is 0 Å². The Hall–Kier alpha value is -2.39. The molecule has 3 aromatic rings. The lowest BCUT2D eigenvalue weighted by atomic mass is 10.1. The zero-order valence-electron chi connectivity index (χ0n) is 13.8. The second-order valence-corrected chi connectivity index (χ2v) is 5.68. The molecule has 0 saturated heterocycles. The van der Waals surface area contributed by atoms with Crippen LogP contribution in [0.2, 0.25) is 0 Å². The maximum Gasteiger partial charge on any atom is 0.131 e. The van der Waals surface area contributed by atoms with Crippen LogP contribution in [0.15, 0.2) is 48.5 Å². The van der Waals surface area contributed by atoms with Gasteiger partial charge in [-0.3, -0.25) is 4.90 Å². The molecule has 0 radical (unpaired) electrons. The number of hydrogen-bond donors (Lipinski definition) is 1. The van der Waals surface area contributed by atoms with Gasteiger partial charge in [-0.05, 0) is 42.4 Å². The zero-order chi connectivity index (χ0) is 16.1. The van der Waals surface area contributed by atoms with Gasteiger partial charge in [0.2, 0.25) is 0 Å². The van der Waals surface area contributed by atoms with Crippen LogP contribution in [0, 0.1) is 0 Å². The van der Waals surface area contributed by atoms with Crippen LogP contribution in [0.3, 0.4) is 0 Å². The Morgan fingerprint density at radius 1 is 0.957 bits per heavy atom. The minimum absolute atomic E-state index is 0.887. The number of fused-ring (bicyclic) bond motifs is 1. The second-order valence-electron chi connectivity index (χ2n) is 5.68. The van der Waals surface area contributed by atoms with Gasteiger partial charge in [0.05, 0.1) is 11.0 Å². The van der Waals surface area contributed by atoms with Gasteiger partial charge in [0.15, 0.2) is 0 Å². The number of para-hydroxylation sites is 2. The molecule has 3 nitrogen and oxygen atoms in total. The first-order valence-electron chi connectivity index (χ1n) is 8.22. The van der Waals surface area contributed by atoms with E-state index in [9.17, 15) is 0 Å². The van der Waals surface area contributed by atoms with Crippen molar-refractivity contribution in [2.45, 2.75) is 20.4 Å². The SMILES string of the molecule is CCN(CC)Cc1ccc(/C=C/c2nc3ccccc3[nH]2)cc1. The van der Waals surface area contributed by atoms with E-state index in [0.717, 1.165) is 36.5 Å². The number of H-pyrrole nitrogens is 1. The van der Waals surface area contributed by atoms with Crippen molar-refractivity contribution < 1.29 is 0 Å². The van der Waals surface area contributed by atoms with Crippen molar-refractivity contribution in [3.8, 4) is 0 Å². The van der Waals surface area contributed by atoms with Gasteiger partial charge in [-0.2, -0.15) is 0 Å². The van der Waals surface area contributed by atoms with Gasteiger partial charge in [0.1, 0.15) is 5.82 Å². The van der Waals surface area contributed by atoms with Gasteiger partial charge in [0, 0.05) is 6.54 Å². The Kier molecular flexibility index (Phi) is 4.89. The summed E-state index contributed by atoms with van der Waals surface area (Å²) in [7, 11) is 0. The molecule has 3 rings (SSSR count). The van der Waals surface area contributed by atoms with E-state index in [1.165, 1.54) is 11.1 Å². The number of imidazole rings is 1. The Bertz CT molecular complexity index is 747. The number of aromatic nitrogens is 2. The van der Waals surface area contributed by atoms with E-state index >= 15 is 0 Å². The molecular weight excluding hydrogens is 282 g/mol. The molecule has 0 bridgehead atoms. The van der Waals surface area contributed by atoms with Gasteiger partial charge >= 0.3 is 0 Å². The van der Waals surface area contributed by atoms with Gasteiger partial charge in [-0.15, -0.1) is 0 Å². The molecule has 0 aliphatic carbocycles. The summed E-state index contributed by atoms with van der Waals surface area (Å²) < 4.78 is 0. The van der Waals surface area contributed by atoms with Gasteiger partial charge < -0.3 is 4.98 Å². The average molecular weight is 305 g/mol. The smallest absolute Gasteiger partial charge is 0.131 e. The van der Waals surface area contributed by atoms with E-state index in [2.05, 4.69) is 59.1 Å². The quantitative estimate of drug-likeness (QED) is 0.723. The largest absolute Gasteiger partial charge is 0.338 e. The molecule has 0 amide bonds. The fourth-order valence-electron chi connectivity index (χ4n) is 2.67. The summed E-state index contributed by atoms with van der Waals surface area (Å²) in [6.07, 6.45) is 4.12. The first-order valence-corrected chi connectivity index (χ1v) is 8.22. The molecular formula is C20H23N3.